The molecule has 0 aliphatic carbocycles. The lowest BCUT2D eigenvalue weighted by Gasteiger charge is -2.28. The molecule has 1 unspecified atom stereocenters. The Morgan fingerprint density at radius 1 is 1.82 bits per heavy atom. The molecule has 0 aromatic carbocycles. The molecule has 5 heteroatoms. The van der Waals surface area contributed by atoms with E-state index in [0.29, 0.717) is 10.4 Å². The van der Waals surface area contributed by atoms with Crippen LogP contribution in [0.2, 0.25) is 0 Å². The standard InChI is InChI=1S/C6H9BrN2S2/c1-4-3-5(2)9(7)8(4)6(10)11/h3-4H,1-2H3,(H,10,11). The summed E-state index contributed by atoms with van der Waals surface area (Å²) < 4.78 is 2.40. The molecule has 0 saturated heterocycles. The molecule has 0 saturated carbocycles. The van der Waals surface area contributed by atoms with E-state index in [-0.39, 0.29) is 0 Å². The van der Waals surface area contributed by atoms with Gasteiger partial charge in [-0.3, -0.25) is 5.01 Å². The Hall–Kier alpha value is 0.260. The maximum absolute atomic E-state index is 4.95. The van der Waals surface area contributed by atoms with Crippen molar-refractivity contribution >= 4 is 45.3 Å². The molecule has 62 valence electrons. The number of nitrogens with zero attached hydrogens (tertiary/aromatic N) is 2. The third-order valence-electron chi connectivity index (χ3n) is 1.54. The second kappa shape index (κ2) is 3.33. The Kier molecular flexibility index (Phi) is 2.83. The first-order chi connectivity index (χ1) is 5.04. The van der Waals surface area contributed by atoms with Crippen molar-refractivity contribution in [2.75, 3.05) is 0 Å². The monoisotopic (exact) mass is 252 g/mol. The second-order valence-electron chi connectivity index (χ2n) is 2.44. The number of hydrazine groups is 1. The zero-order valence-electron chi connectivity index (χ0n) is 6.28. The molecule has 2 nitrogen and oxygen atoms in total. The summed E-state index contributed by atoms with van der Waals surface area (Å²) in [6.07, 6.45) is 2.11. The Balaban J connectivity index is 2.80. The zero-order valence-corrected chi connectivity index (χ0v) is 9.58. The van der Waals surface area contributed by atoms with Crippen molar-refractivity contribution in [3.8, 4) is 0 Å². The van der Waals surface area contributed by atoms with E-state index in [1.165, 1.54) is 0 Å². The average Bonchev–Trinajstić information content (AvgIpc) is 2.07. The van der Waals surface area contributed by atoms with Crippen molar-refractivity contribution in [2.45, 2.75) is 19.9 Å². The van der Waals surface area contributed by atoms with Crippen molar-refractivity contribution in [3.63, 3.8) is 0 Å². The summed E-state index contributed by atoms with van der Waals surface area (Å²) in [7, 11) is 0. The van der Waals surface area contributed by atoms with Crippen molar-refractivity contribution in [1.29, 1.82) is 0 Å². The van der Waals surface area contributed by atoms with Gasteiger partial charge in [-0.05, 0) is 19.9 Å². The van der Waals surface area contributed by atoms with Gasteiger partial charge < -0.3 is 0 Å². The van der Waals surface area contributed by atoms with Gasteiger partial charge in [-0.2, -0.15) is 0 Å². The molecule has 0 bridgehead atoms. The van der Waals surface area contributed by atoms with Gasteiger partial charge in [0.2, 0.25) is 0 Å². The number of thiocarbonyl (C=S) groups is 1. The largest absolute Gasteiger partial charge is 0.252 e. The molecule has 0 aromatic rings. The lowest BCUT2D eigenvalue weighted by Crippen LogP contribution is -2.36. The third kappa shape index (κ3) is 1.71. The quantitative estimate of drug-likeness (QED) is 0.402. The Bertz CT molecular complexity index is 217. The molecular weight excluding hydrogens is 244 g/mol. The number of rotatable bonds is 0. The molecule has 1 rings (SSSR count). The number of hydrogen-bond donors (Lipinski definition) is 1. The van der Waals surface area contributed by atoms with Crippen LogP contribution in [-0.2, 0) is 0 Å². The van der Waals surface area contributed by atoms with Crippen LogP contribution in [0.4, 0.5) is 0 Å². The van der Waals surface area contributed by atoms with E-state index >= 15 is 0 Å². The molecule has 0 radical (unpaired) electrons. The molecule has 1 atom stereocenters. The van der Waals surface area contributed by atoms with E-state index in [1.807, 2.05) is 16.0 Å². The Labute approximate surface area is 85.9 Å². The average molecular weight is 253 g/mol. The highest BCUT2D eigenvalue weighted by molar-refractivity contribution is 9.07. The SMILES string of the molecule is CC1=CC(C)N(C(=S)S)N1Br. The fourth-order valence-corrected chi connectivity index (χ4v) is 2.37. The highest BCUT2D eigenvalue weighted by Gasteiger charge is 2.26. The number of halogens is 1. The van der Waals surface area contributed by atoms with Crippen molar-refractivity contribution in [1.82, 2.24) is 9.04 Å². The number of hydrogen-bond acceptors (Lipinski definition) is 2. The molecular formula is C6H9BrN2S2. The molecule has 1 aliphatic rings. The van der Waals surface area contributed by atoms with Gasteiger partial charge in [-0.15, -0.1) is 12.6 Å². The van der Waals surface area contributed by atoms with Gasteiger partial charge in [-0.1, -0.05) is 12.2 Å². The van der Waals surface area contributed by atoms with E-state index in [4.69, 9.17) is 12.2 Å². The number of thiol groups is 1. The first-order valence-electron chi connectivity index (χ1n) is 3.20. The van der Waals surface area contributed by atoms with Crippen molar-refractivity contribution < 1.29 is 0 Å². The van der Waals surface area contributed by atoms with Gasteiger partial charge in [0.1, 0.15) is 0 Å². The van der Waals surface area contributed by atoms with Crippen molar-refractivity contribution in [3.05, 3.63) is 11.8 Å². The Morgan fingerprint density at radius 3 is 2.55 bits per heavy atom. The van der Waals surface area contributed by atoms with Gasteiger partial charge >= 0.3 is 0 Å². The van der Waals surface area contributed by atoms with Gasteiger partial charge in [0, 0.05) is 5.70 Å². The summed E-state index contributed by atoms with van der Waals surface area (Å²) in [5.41, 5.74) is 1.13. The molecule has 1 aliphatic heterocycles. The van der Waals surface area contributed by atoms with Crippen LogP contribution < -0.4 is 0 Å². The van der Waals surface area contributed by atoms with Gasteiger partial charge in [-0.25, -0.2) is 4.03 Å². The van der Waals surface area contributed by atoms with Crippen LogP contribution in [0, 0.1) is 0 Å². The first-order valence-corrected chi connectivity index (χ1v) is 4.77. The lowest BCUT2D eigenvalue weighted by molar-refractivity contribution is 0.232. The lowest BCUT2D eigenvalue weighted by atomic mass is 10.3. The topological polar surface area (TPSA) is 6.48 Å². The smallest absolute Gasteiger partial charge is 0.153 e. The summed E-state index contributed by atoms with van der Waals surface area (Å²) in [5.74, 6) is 0. The van der Waals surface area contributed by atoms with Crippen LogP contribution in [0.3, 0.4) is 0 Å². The van der Waals surface area contributed by atoms with Crippen LogP contribution in [0.1, 0.15) is 13.8 Å². The molecule has 11 heavy (non-hydrogen) atoms. The van der Waals surface area contributed by atoms with Crippen LogP contribution in [0.5, 0.6) is 0 Å². The number of allylic oxidation sites excluding steroid dienone is 1. The van der Waals surface area contributed by atoms with Crippen LogP contribution >= 0.6 is 41.0 Å². The van der Waals surface area contributed by atoms with E-state index in [1.54, 1.807) is 0 Å². The molecule has 1 heterocycles. The van der Waals surface area contributed by atoms with Crippen molar-refractivity contribution in [2.24, 2.45) is 0 Å². The first kappa shape index (κ1) is 9.35. The predicted molar refractivity (Wildman–Crippen MR) is 57.4 cm³/mol. The fraction of sp³-hybridized carbons (Fsp3) is 0.500. The molecule has 0 N–H and O–H groups in total. The summed E-state index contributed by atoms with van der Waals surface area (Å²) in [5, 5.41) is 1.88. The van der Waals surface area contributed by atoms with Gasteiger partial charge in [0.25, 0.3) is 0 Å². The molecule has 0 amide bonds. The second-order valence-corrected chi connectivity index (χ2v) is 4.22. The van der Waals surface area contributed by atoms with Crippen LogP contribution in [0.15, 0.2) is 11.8 Å². The minimum Gasteiger partial charge on any atom is -0.252 e. The summed E-state index contributed by atoms with van der Waals surface area (Å²) in [6, 6.07) is 0.291. The van der Waals surface area contributed by atoms with E-state index < -0.39 is 0 Å². The van der Waals surface area contributed by atoms with E-state index in [9.17, 15) is 0 Å². The van der Waals surface area contributed by atoms with Gasteiger partial charge in [0.15, 0.2) is 4.32 Å². The maximum Gasteiger partial charge on any atom is 0.153 e. The molecule has 0 aromatic heterocycles. The van der Waals surface area contributed by atoms with E-state index in [2.05, 4.69) is 41.8 Å². The highest BCUT2D eigenvalue weighted by Crippen LogP contribution is 2.26. The predicted octanol–water partition coefficient (Wildman–Crippen LogP) is 2.34. The Morgan fingerprint density at radius 2 is 2.36 bits per heavy atom. The summed E-state index contributed by atoms with van der Waals surface area (Å²) >= 11 is 12.4. The highest BCUT2D eigenvalue weighted by atomic mass is 79.9. The maximum atomic E-state index is 4.95. The normalized spacial score (nSPS) is 24.0. The summed E-state index contributed by atoms with van der Waals surface area (Å²) in [6.45, 7) is 4.07. The summed E-state index contributed by atoms with van der Waals surface area (Å²) in [4.78, 5) is 0. The molecule has 0 spiro atoms. The van der Waals surface area contributed by atoms with E-state index in [0.717, 1.165) is 5.70 Å². The van der Waals surface area contributed by atoms with Crippen LogP contribution in [0.25, 0.3) is 0 Å². The fourth-order valence-electron chi connectivity index (χ4n) is 1.06. The molecule has 0 fully saturated rings. The van der Waals surface area contributed by atoms with Crippen LogP contribution in [-0.4, -0.2) is 19.4 Å². The zero-order chi connectivity index (χ0) is 8.59. The minimum absolute atomic E-state index is 0.291. The van der Waals surface area contributed by atoms with Gasteiger partial charge in [0.05, 0.1) is 22.2 Å². The minimum atomic E-state index is 0.291. The third-order valence-corrected chi connectivity index (χ3v) is 2.84.